The highest BCUT2D eigenvalue weighted by Gasteiger charge is 2.21. The summed E-state index contributed by atoms with van der Waals surface area (Å²) in [4.78, 5) is 11.1. The summed E-state index contributed by atoms with van der Waals surface area (Å²) in [6, 6.07) is 0. The number of alkyl halides is 2. The number of Topliss-reactive ketones (excluding diaryl/α,β-unsaturated/α-hetero) is 1. The van der Waals surface area contributed by atoms with Gasteiger partial charge in [0, 0.05) is 0 Å². The Morgan fingerprint density at radius 3 is 2.73 bits per heavy atom. The Morgan fingerprint density at radius 2 is 2.20 bits per heavy atom. The number of hydrogen-bond donors (Lipinski definition) is 0. The monoisotopic (exact) mass is 212 g/mol. The normalized spacial score (nSPS) is 17.7. The lowest BCUT2D eigenvalue weighted by Gasteiger charge is -2.06. The zero-order chi connectivity index (χ0) is 11.3. The molecule has 0 fully saturated rings. The second kappa shape index (κ2) is 5.65. The van der Waals surface area contributed by atoms with Gasteiger partial charge in [-0.05, 0) is 44.1 Å². The lowest BCUT2D eigenvalue weighted by Crippen LogP contribution is -2.16. The van der Waals surface area contributed by atoms with E-state index in [4.69, 9.17) is 0 Å². The third-order valence-corrected chi connectivity index (χ3v) is 2.43. The van der Waals surface area contributed by atoms with E-state index in [2.05, 4.69) is 11.8 Å². The lowest BCUT2D eigenvalue weighted by molar-refractivity contribution is -0.121. The van der Waals surface area contributed by atoms with Crippen molar-refractivity contribution in [3.8, 4) is 11.8 Å². The molecule has 15 heavy (non-hydrogen) atoms. The fourth-order valence-corrected chi connectivity index (χ4v) is 1.32. The summed E-state index contributed by atoms with van der Waals surface area (Å²) >= 11 is 0. The van der Waals surface area contributed by atoms with Gasteiger partial charge in [-0.25, -0.2) is 8.78 Å². The van der Waals surface area contributed by atoms with Gasteiger partial charge < -0.3 is 0 Å². The van der Waals surface area contributed by atoms with E-state index in [0.717, 1.165) is 31.3 Å². The standard InChI is InChI=1S/C12H14F2O/c1-9(12(13)14)11(15)8-7-10-5-3-2-4-6-10/h5,9,12H,2-4,6H2,1H3. The highest BCUT2D eigenvalue weighted by molar-refractivity contribution is 5.97. The highest BCUT2D eigenvalue weighted by Crippen LogP contribution is 2.16. The van der Waals surface area contributed by atoms with Crippen LogP contribution in [0.15, 0.2) is 11.6 Å². The zero-order valence-electron chi connectivity index (χ0n) is 8.72. The molecule has 0 aromatic carbocycles. The van der Waals surface area contributed by atoms with Gasteiger partial charge in [-0.2, -0.15) is 0 Å². The predicted octanol–water partition coefficient (Wildman–Crippen LogP) is 2.96. The topological polar surface area (TPSA) is 17.1 Å². The van der Waals surface area contributed by atoms with Crippen molar-refractivity contribution in [3.05, 3.63) is 11.6 Å². The maximum absolute atomic E-state index is 12.1. The van der Waals surface area contributed by atoms with Crippen LogP contribution in [0, 0.1) is 17.8 Å². The molecule has 0 spiro atoms. The third kappa shape index (κ3) is 3.83. The molecule has 1 unspecified atom stereocenters. The van der Waals surface area contributed by atoms with Gasteiger partial charge in [0.1, 0.15) is 0 Å². The van der Waals surface area contributed by atoms with E-state index in [1.165, 1.54) is 6.92 Å². The number of rotatable bonds is 2. The minimum Gasteiger partial charge on any atom is -0.284 e. The number of carbonyl (C=O) groups is 1. The SMILES string of the molecule is CC(C(=O)C#CC1=CCCCC1)C(F)F. The first-order valence-electron chi connectivity index (χ1n) is 5.14. The number of ketones is 1. The smallest absolute Gasteiger partial charge is 0.249 e. The molecule has 1 atom stereocenters. The second-order valence-corrected chi connectivity index (χ2v) is 3.71. The second-order valence-electron chi connectivity index (χ2n) is 3.71. The van der Waals surface area contributed by atoms with Gasteiger partial charge in [-0.3, -0.25) is 4.79 Å². The van der Waals surface area contributed by atoms with E-state index < -0.39 is 18.1 Å². The summed E-state index contributed by atoms with van der Waals surface area (Å²) in [7, 11) is 0. The van der Waals surface area contributed by atoms with Crippen molar-refractivity contribution in [2.75, 3.05) is 0 Å². The first-order chi connectivity index (χ1) is 7.11. The van der Waals surface area contributed by atoms with E-state index in [9.17, 15) is 13.6 Å². The van der Waals surface area contributed by atoms with Crippen molar-refractivity contribution in [2.45, 2.75) is 39.0 Å². The van der Waals surface area contributed by atoms with Gasteiger partial charge in [0.2, 0.25) is 12.2 Å². The average molecular weight is 212 g/mol. The van der Waals surface area contributed by atoms with Crippen molar-refractivity contribution in [3.63, 3.8) is 0 Å². The van der Waals surface area contributed by atoms with Crippen LogP contribution in [0.25, 0.3) is 0 Å². The van der Waals surface area contributed by atoms with Crippen molar-refractivity contribution < 1.29 is 13.6 Å². The van der Waals surface area contributed by atoms with Crippen molar-refractivity contribution in [1.82, 2.24) is 0 Å². The van der Waals surface area contributed by atoms with Crippen molar-refractivity contribution in [1.29, 1.82) is 0 Å². The van der Waals surface area contributed by atoms with Gasteiger partial charge in [0.05, 0.1) is 5.92 Å². The van der Waals surface area contributed by atoms with Crippen LogP contribution in [0.4, 0.5) is 8.78 Å². The molecule has 1 aliphatic rings. The predicted molar refractivity (Wildman–Crippen MR) is 54.5 cm³/mol. The average Bonchev–Trinajstić information content (AvgIpc) is 2.26. The Bertz CT molecular complexity index is 320. The van der Waals surface area contributed by atoms with Crippen molar-refractivity contribution in [2.24, 2.45) is 5.92 Å². The van der Waals surface area contributed by atoms with Crippen molar-refractivity contribution >= 4 is 5.78 Å². The van der Waals surface area contributed by atoms with Crippen LogP contribution in [0.1, 0.15) is 32.6 Å². The van der Waals surface area contributed by atoms with Gasteiger partial charge in [0.25, 0.3) is 0 Å². The molecular weight excluding hydrogens is 198 g/mol. The molecule has 0 aliphatic heterocycles. The zero-order valence-corrected chi connectivity index (χ0v) is 8.72. The van der Waals surface area contributed by atoms with E-state index >= 15 is 0 Å². The molecule has 0 saturated heterocycles. The number of hydrogen-bond acceptors (Lipinski definition) is 1. The van der Waals surface area contributed by atoms with E-state index in [1.807, 2.05) is 6.08 Å². The molecule has 1 rings (SSSR count). The van der Waals surface area contributed by atoms with E-state index in [-0.39, 0.29) is 0 Å². The number of allylic oxidation sites excluding steroid dienone is 2. The molecule has 82 valence electrons. The van der Waals surface area contributed by atoms with Gasteiger partial charge in [-0.15, -0.1) is 0 Å². The summed E-state index contributed by atoms with van der Waals surface area (Å²) in [6.45, 7) is 1.21. The van der Waals surface area contributed by atoms with Gasteiger partial charge >= 0.3 is 0 Å². The van der Waals surface area contributed by atoms with E-state index in [1.54, 1.807) is 0 Å². The van der Waals surface area contributed by atoms with Crippen LogP contribution in [-0.4, -0.2) is 12.2 Å². The molecule has 1 aliphatic carbocycles. The Labute approximate surface area is 88.5 Å². The Hall–Kier alpha value is -1.17. The molecule has 1 nitrogen and oxygen atoms in total. The minimum atomic E-state index is -2.62. The summed E-state index contributed by atoms with van der Waals surface area (Å²) in [5, 5.41) is 0. The molecule has 0 radical (unpaired) electrons. The Morgan fingerprint density at radius 1 is 1.47 bits per heavy atom. The Balaban J connectivity index is 2.57. The molecular formula is C12H14F2O. The largest absolute Gasteiger partial charge is 0.284 e. The van der Waals surface area contributed by atoms with Crippen LogP contribution in [0.2, 0.25) is 0 Å². The molecule has 0 heterocycles. The van der Waals surface area contributed by atoms with Crippen LogP contribution < -0.4 is 0 Å². The summed E-state index contributed by atoms with van der Waals surface area (Å²) in [6.07, 6.45) is 3.42. The van der Waals surface area contributed by atoms with Gasteiger partial charge in [-0.1, -0.05) is 12.0 Å². The number of halogens is 2. The molecule has 0 bridgehead atoms. The lowest BCUT2D eigenvalue weighted by atomic mass is 9.99. The van der Waals surface area contributed by atoms with Crippen LogP contribution in [0.3, 0.4) is 0 Å². The number of carbonyl (C=O) groups excluding carboxylic acids is 1. The maximum atomic E-state index is 12.1. The molecule has 0 aromatic rings. The van der Waals surface area contributed by atoms with Crippen LogP contribution in [-0.2, 0) is 4.79 Å². The molecule has 0 N–H and O–H groups in total. The summed E-state index contributed by atoms with van der Waals surface area (Å²) < 4.78 is 24.3. The minimum absolute atomic E-state index is 0.670. The molecule has 3 heteroatoms. The molecule has 0 amide bonds. The molecule has 0 saturated carbocycles. The van der Waals surface area contributed by atoms with Crippen LogP contribution in [0.5, 0.6) is 0 Å². The fourth-order valence-electron chi connectivity index (χ4n) is 1.32. The third-order valence-electron chi connectivity index (χ3n) is 2.43. The maximum Gasteiger partial charge on any atom is 0.249 e. The summed E-state index contributed by atoms with van der Waals surface area (Å²) in [5.41, 5.74) is 0.913. The highest BCUT2D eigenvalue weighted by atomic mass is 19.3. The quantitative estimate of drug-likeness (QED) is 0.508. The van der Waals surface area contributed by atoms with Gasteiger partial charge in [0.15, 0.2) is 0 Å². The van der Waals surface area contributed by atoms with E-state index in [0.29, 0.717) is 0 Å². The fraction of sp³-hybridized carbons (Fsp3) is 0.583. The first-order valence-corrected chi connectivity index (χ1v) is 5.14. The first kappa shape index (κ1) is 11.9. The summed E-state index contributed by atoms with van der Waals surface area (Å²) in [5.74, 6) is 3.04. The Kier molecular flexibility index (Phi) is 4.48. The van der Waals surface area contributed by atoms with Crippen LogP contribution >= 0.6 is 0 Å². The molecule has 0 aromatic heterocycles.